The second-order valence-corrected chi connectivity index (χ2v) is 9.76. The summed E-state index contributed by atoms with van der Waals surface area (Å²) >= 11 is 0. The van der Waals surface area contributed by atoms with Crippen molar-refractivity contribution < 1.29 is 28.6 Å². The zero-order valence-electron chi connectivity index (χ0n) is 21.1. The fourth-order valence-corrected chi connectivity index (χ4v) is 4.97. The van der Waals surface area contributed by atoms with Crippen LogP contribution in [0.25, 0.3) is 22.3 Å². The van der Waals surface area contributed by atoms with E-state index in [2.05, 4.69) is 5.32 Å². The number of carbonyl (C=O) groups excluding carboxylic acids is 2. The van der Waals surface area contributed by atoms with Gasteiger partial charge in [-0.05, 0) is 50.5 Å². The van der Waals surface area contributed by atoms with E-state index in [0.29, 0.717) is 33.4 Å². The van der Waals surface area contributed by atoms with Gasteiger partial charge in [0.25, 0.3) is 5.56 Å². The maximum Gasteiger partial charge on any atom is 0.343 e. The van der Waals surface area contributed by atoms with Gasteiger partial charge in [0, 0.05) is 29.1 Å². The van der Waals surface area contributed by atoms with Gasteiger partial charge in [-0.25, -0.2) is 14.2 Å². The third-order valence-corrected chi connectivity index (χ3v) is 7.15. The molecular formula is C27H28FN3O6. The summed E-state index contributed by atoms with van der Waals surface area (Å²) < 4.78 is 26.9. The minimum Gasteiger partial charge on any atom is -0.458 e. The van der Waals surface area contributed by atoms with Gasteiger partial charge >= 0.3 is 5.97 Å². The molecule has 37 heavy (non-hydrogen) atoms. The Balaban J connectivity index is 1.59. The molecule has 5 rings (SSSR count). The number of nitrogens with zero attached hydrogens (tertiary/aromatic N) is 2. The predicted octanol–water partition coefficient (Wildman–Crippen LogP) is 2.57. The molecule has 0 saturated carbocycles. The minimum absolute atomic E-state index is 0.0432. The highest BCUT2D eigenvalue weighted by molar-refractivity contribution is 5.89. The molecule has 1 amide bonds. The molecule has 0 fully saturated rings. The van der Waals surface area contributed by atoms with Crippen molar-refractivity contribution in [3.8, 4) is 11.4 Å². The Hall–Kier alpha value is -3.63. The maximum absolute atomic E-state index is 14.9. The third kappa shape index (κ3) is 4.00. The fourth-order valence-electron chi connectivity index (χ4n) is 4.97. The molecule has 0 saturated heterocycles. The average molecular weight is 510 g/mol. The molecule has 2 aromatic heterocycles. The zero-order chi connectivity index (χ0) is 26.6. The van der Waals surface area contributed by atoms with Crippen molar-refractivity contribution in [1.29, 1.82) is 0 Å². The average Bonchev–Trinajstić information content (AvgIpc) is 3.22. The Kier molecular flexibility index (Phi) is 6.12. The van der Waals surface area contributed by atoms with E-state index in [1.165, 1.54) is 10.6 Å². The number of fused-ring (bicyclic) bond motifs is 5. The molecule has 0 radical (unpaired) electrons. The third-order valence-electron chi connectivity index (χ3n) is 7.15. The second-order valence-electron chi connectivity index (χ2n) is 9.76. The highest BCUT2D eigenvalue weighted by Gasteiger charge is 2.45. The topological polar surface area (TPSA) is 120 Å². The molecule has 10 heteroatoms. The number of hydrogen-bond donors (Lipinski definition) is 2. The Labute approximate surface area is 212 Å². The summed E-state index contributed by atoms with van der Waals surface area (Å²) in [6.07, 6.45) is -0.0513. The summed E-state index contributed by atoms with van der Waals surface area (Å²) in [7, 11) is 0. The fraction of sp³-hybridized carbons (Fsp3) is 0.407. The number of hydrogen-bond acceptors (Lipinski definition) is 7. The van der Waals surface area contributed by atoms with Crippen molar-refractivity contribution in [2.24, 2.45) is 0 Å². The summed E-state index contributed by atoms with van der Waals surface area (Å²) in [6.45, 7) is 6.94. The number of benzene rings is 1. The number of esters is 1. The van der Waals surface area contributed by atoms with Crippen LogP contribution >= 0.6 is 0 Å². The predicted molar refractivity (Wildman–Crippen MR) is 132 cm³/mol. The van der Waals surface area contributed by atoms with Gasteiger partial charge in [-0.15, -0.1) is 0 Å². The van der Waals surface area contributed by atoms with Crippen molar-refractivity contribution in [2.45, 2.75) is 65.5 Å². The number of amides is 1. The van der Waals surface area contributed by atoms with E-state index < -0.39 is 17.4 Å². The monoisotopic (exact) mass is 509 g/mol. The molecule has 2 N–H and O–H groups in total. The van der Waals surface area contributed by atoms with Crippen molar-refractivity contribution in [2.75, 3.05) is 6.61 Å². The summed E-state index contributed by atoms with van der Waals surface area (Å²) in [5.41, 5.74) is 1.19. The van der Waals surface area contributed by atoms with Crippen LogP contribution in [0.5, 0.6) is 0 Å². The molecule has 1 aromatic carbocycles. The van der Waals surface area contributed by atoms with Gasteiger partial charge in [0.1, 0.15) is 19.0 Å². The van der Waals surface area contributed by atoms with E-state index in [9.17, 15) is 23.9 Å². The van der Waals surface area contributed by atoms with Crippen molar-refractivity contribution in [3.63, 3.8) is 0 Å². The van der Waals surface area contributed by atoms with Crippen LogP contribution < -0.4 is 10.9 Å². The van der Waals surface area contributed by atoms with E-state index >= 15 is 0 Å². The van der Waals surface area contributed by atoms with Gasteiger partial charge in [-0.2, -0.15) is 0 Å². The van der Waals surface area contributed by atoms with Crippen LogP contribution in [-0.4, -0.2) is 39.2 Å². The lowest BCUT2D eigenvalue weighted by Gasteiger charge is -2.31. The Morgan fingerprint density at radius 1 is 1.32 bits per heavy atom. The van der Waals surface area contributed by atoms with Crippen LogP contribution in [0.15, 0.2) is 23.0 Å². The molecule has 1 atom stereocenters. The molecule has 0 spiro atoms. The molecule has 2 aliphatic rings. The quantitative estimate of drug-likeness (QED) is 0.384. The molecular weight excluding hydrogens is 481 g/mol. The molecule has 2 aliphatic heterocycles. The zero-order valence-corrected chi connectivity index (χ0v) is 21.1. The largest absolute Gasteiger partial charge is 0.458 e. The standard InChI is InChI=1S/C27H28FN3O6/c1-5-27(35)19-7-22-24-15(10-31(22)25(33)18(19)11-37-26(27)34)6-16-17(9-29-23(32)12-36-13(2)3)14(4)20(28)8-21(16)30-24/h6-8,13,35H,5,9-12H2,1-4H3,(H,29,32)/t27-/m0/s1. The first-order chi connectivity index (χ1) is 17.5. The van der Waals surface area contributed by atoms with Crippen molar-refractivity contribution >= 4 is 22.8 Å². The van der Waals surface area contributed by atoms with Gasteiger partial charge in [-0.1, -0.05) is 6.92 Å². The van der Waals surface area contributed by atoms with E-state index in [1.54, 1.807) is 19.9 Å². The number of ether oxygens (including phenoxy) is 2. The van der Waals surface area contributed by atoms with Crippen molar-refractivity contribution in [3.05, 3.63) is 62.2 Å². The number of carbonyl (C=O) groups is 2. The van der Waals surface area contributed by atoms with Crippen LogP contribution in [-0.2, 0) is 44.4 Å². The van der Waals surface area contributed by atoms with Gasteiger partial charge in [0.15, 0.2) is 5.60 Å². The van der Waals surface area contributed by atoms with Crippen LogP contribution in [0, 0.1) is 12.7 Å². The normalized spacial score (nSPS) is 18.0. The lowest BCUT2D eigenvalue weighted by molar-refractivity contribution is -0.172. The summed E-state index contributed by atoms with van der Waals surface area (Å²) in [5, 5.41) is 14.5. The maximum atomic E-state index is 14.9. The Morgan fingerprint density at radius 2 is 2.08 bits per heavy atom. The number of cyclic esters (lactones) is 1. The summed E-state index contributed by atoms with van der Waals surface area (Å²) in [5.74, 6) is -1.57. The van der Waals surface area contributed by atoms with Gasteiger partial charge < -0.3 is 24.5 Å². The van der Waals surface area contributed by atoms with E-state index in [0.717, 1.165) is 5.56 Å². The number of aliphatic hydroxyl groups is 1. The van der Waals surface area contributed by atoms with Crippen molar-refractivity contribution in [1.82, 2.24) is 14.9 Å². The van der Waals surface area contributed by atoms with Gasteiger partial charge in [-0.3, -0.25) is 9.59 Å². The molecule has 9 nitrogen and oxygen atoms in total. The SMILES string of the molecule is CC[C@@]1(O)C(=O)OCc2c1cc1n(c2=O)Cc2cc3c(CNC(=O)COC(C)C)c(C)c(F)cc3nc2-1. The number of halogens is 1. The summed E-state index contributed by atoms with van der Waals surface area (Å²) in [4.78, 5) is 42.6. The van der Waals surface area contributed by atoms with Crippen LogP contribution in [0.1, 0.15) is 55.0 Å². The number of rotatable bonds is 6. The Morgan fingerprint density at radius 3 is 2.78 bits per heavy atom. The second kappa shape index (κ2) is 9.04. The smallest absolute Gasteiger partial charge is 0.343 e. The number of pyridine rings is 2. The highest BCUT2D eigenvalue weighted by Crippen LogP contribution is 2.39. The summed E-state index contributed by atoms with van der Waals surface area (Å²) in [6, 6.07) is 4.80. The first-order valence-corrected chi connectivity index (χ1v) is 12.2. The van der Waals surface area contributed by atoms with Gasteiger partial charge in [0.2, 0.25) is 5.91 Å². The van der Waals surface area contributed by atoms with Gasteiger partial charge in [0.05, 0.1) is 35.1 Å². The lowest BCUT2D eigenvalue weighted by atomic mass is 9.86. The molecule has 0 bridgehead atoms. The molecule has 0 unspecified atom stereocenters. The minimum atomic E-state index is -1.92. The molecule has 194 valence electrons. The first kappa shape index (κ1) is 25.0. The van der Waals surface area contributed by atoms with E-state index in [4.69, 9.17) is 14.5 Å². The van der Waals surface area contributed by atoms with Crippen LogP contribution in [0.4, 0.5) is 4.39 Å². The number of aromatic nitrogens is 2. The van der Waals surface area contributed by atoms with E-state index in [-0.39, 0.29) is 61.4 Å². The molecule has 0 aliphatic carbocycles. The molecule has 4 heterocycles. The Bertz CT molecular complexity index is 1530. The first-order valence-electron chi connectivity index (χ1n) is 12.2. The highest BCUT2D eigenvalue weighted by atomic mass is 19.1. The van der Waals surface area contributed by atoms with Crippen LogP contribution in [0.2, 0.25) is 0 Å². The van der Waals surface area contributed by atoms with Crippen LogP contribution in [0.3, 0.4) is 0 Å². The molecule has 3 aromatic rings. The lowest BCUT2D eigenvalue weighted by Crippen LogP contribution is -2.44. The van der Waals surface area contributed by atoms with E-state index in [1.807, 2.05) is 19.9 Å². The number of nitrogens with one attached hydrogen (secondary N) is 1.